The van der Waals surface area contributed by atoms with Crippen molar-refractivity contribution < 1.29 is 9.32 Å². The zero-order valence-corrected chi connectivity index (χ0v) is 15.5. The van der Waals surface area contributed by atoms with E-state index in [4.69, 9.17) is 4.52 Å². The summed E-state index contributed by atoms with van der Waals surface area (Å²) >= 11 is 1.56. The second-order valence-electron chi connectivity index (χ2n) is 7.24. The van der Waals surface area contributed by atoms with Gasteiger partial charge < -0.3 is 9.42 Å². The Balaban J connectivity index is 1.54. The third-order valence-electron chi connectivity index (χ3n) is 4.09. The maximum absolute atomic E-state index is 12.5. The second-order valence-corrected chi connectivity index (χ2v) is 8.53. The molecule has 1 aliphatic rings. The van der Waals surface area contributed by atoms with Crippen LogP contribution in [0.1, 0.15) is 47.0 Å². The third-order valence-corrected chi connectivity index (χ3v) is 5.07. The zero-order chi connectivity index (χ0) is 17.3. The molecule has 2 aromatic rings. The molecule has 24 heavy (non-hydrogen) atoms. The Labute approximate surface area is 146 Å². The summed E-state index contributed by atoms with van der Waals surface area (Å²) in [7, 11) is 0. The van der Waals surface area contributed by atoms with Gasteiger partial charge in [0.1, 0.15) is 0 Å². The van der Waals surface area contributed by atoms with E-state index in [1.165, 1.54) is 4.88 Å². The summed E-state index contributed by atoms with van der Waals surface area (Å²) < 4.78 is 5.34. The van der Waals surface area contributed by atoms with Crippen molar-refractivity contribution in [3.05, 3.63) is 33.6 Å². The van der Waals surface area contributed by atoms with E-state index in [0.717, 1.165) is 31.1 Å². The first kappa shape index (κ1) is 17.1. The van der Waals surface area contributed by atoms with Gasteiger partial charge in [-0.1, -0.05) is 25.9 Å². The molecule has 1 saturated heterocycles. The SMILES string of the molecule is Cc1ccc(C(=O)N2CCN(Cc3noc(C(C)(C)C)n3)CC2)s1. The molecule has 0 saturated carbocycles. The molecule has 1 aliphatic heterocycles. The van der Waals surface area contributed by atoms with Crippen LogP contribution in [0.25, 0.3) is 0 Å². The highest BCUT2D eigenvalue weighted by Gasteiger charge is 2.25. The normalized spacial score (nSPS) is 16.6. The zero-order valence-electron chi connectivity index (χ0n) is 14.7. The van der Waals surface area contributed by atoms with Crippen LogP contribution in [-0.4, -0.2) is 52.0 Å². The van der Waals surface area contributed by atoms with Crippen LogP contribution < -0.4 is 0 Å². The standard InChI is InChI=1S/C17H24N4O2S/c1-12-5-6-13(24-12)15(22)21-9-7-20(8-10-21)11-14-18-16(23-19-14)17(2,3)4/h5-6H,7-11H2,1-4H3. The fourth-order valence-electron chi connectivity index (χ4n) is 2.64. The molecule has 0 spiro atoms. The van der Waals surface area contributed by atoms with Gasteiger partial charge >= 0.3 is 0 Å². The molecule has 2 aromatic heterocycles. The first-order valence-corrected chi connectivity index (χ1v) is 9.06. The highest BCUT2D eigenvalue weighted by atomic mass is 32.1. The number of carbonyl (C=O) groups is 1. The summed E-state index contributed by atoms with van der Waals surface area (Å²) in [5.41, 5.74) is -0.130. The first-order chi connectivity index (χ1) is 11.3. The second kappa shape index (κ2) is 6.64. The molecule has 0 atom stereocenters. The highest BCUT2D eigenvalue weighted by Crippen LogP contribution is 2.21. The van der Waals surface area contributed by atoms with E-state index in [1.54, 1.807) is 11.3 Å². The summed E-state index contributed by atoms with van der Waals surface area (Å²) in [6.45, 7) is 12.0. The Morgan fingerprint density at radius 1 is 1.25 bits per heavy atom. The van der Waals surface area contributed by atoms with E-state index >= 15 is 0 Å². The number of thiophene rings is 1. The lowest BCUT2D eigenvalue weighted by molar-refractivity contribution is 0.0629. The minimum Gasteiger partial charge on any atom is -0.339 e. The van der Waals surface area contributed by atoms with Crippen LogP contribution in [0.3, 0.4) is 0 Å². The van der Waals surface area contributed by atoms with Crippen LogP contribution in [0.15, 0.2) is 16.7 Å². The molecular formula is C17H24N4O2S. The van der Waals surface area contributed by atoms with Crippen LogP contribution in [0.4, 0.5) is 0 Å². The van der Waals surface area contributed by atoms with Crippen LogP contribution >= 0.6 is 11.3 Å². The fourth-order valence-corrected chi connectivity index (χ4v) is 3.47. The van der Waals surface area contributed by atoms with Crippen LogP contribution in [0.5, 0.6) is 0 Å². The highest BCUT2D eigenvalue weighted by molar-refractivity contribution is 7.13. The lowest BCUT2D eigenvalue weighted by Gasteiger charge is -2.33. The number of amides is 1. The van der Waals surface area contributed by atoms with Crippen molar-refractivity contribution in [3.63, 3.8) is 0 Å². The average Bonchev–Trinajstić information content (AvgIpc) is 3.16. The quantitative estimate of drug-likeness (QED) is 0.853. The van der Waals surface area contributed by atoms with E-state index in [2.05, 4.69) is 35.8 Å². The number of hydrogen-bond donors (Lipinski definition) is 0. The molecule has 3 heterocycles. The van der Waals surface area contributed by atoms with Gasteiger partial charge in [0.15, 0.2) is 5.82 Å². The molecule has 130 valence electrons. The summed E-state index contributed by atoms with van der Waals surface area (Å²) in [6.07, 6.45) is 0. The van der Waals surface area contributed by atoms with E-state index < -0.39 is 0 Å². The van der Waals surface area contributed by atoms with Gasteiger partial charge in [0.2, 0.25) is 5.89 Å². The molecule has 1 fully saturated rings. The topological polar surface area (TPSA) is 62.5 Å². The smallest absolute Gasteiger partial charge is 0.264 e. The Bertz CT molecular complexity index is 708. The average molecular weight is 348 g/mol. The molecule has 7 heteroatoms. The van der Waals surface area contributed by atoms with E-state index in [9.17, 15) is 4.79 Å². The van der Waals surface area contributed by atoms with Crippen molar-refractivity contribution in [3.8, 4) is 0 Å². The van der Waals surface area contributed by atoms with E-state index in [-0.39, 0.29) is 11.3 Å². The molecule has 6 nitrogen and oxygen atoms in total. The first-order valence-electron chi connectivity index (χ1n) is 8.24. The van der Waals surface area contributed by atoms with Crippen molar-refractivity contribution in [1.82, 2.24) is 19.9 Å². The Hall–Kier alpha value is -1.73. The molecule has 0 radical (unpaired) electrons. The van der Waals surface area contributed by atoms with Crippen LogP contribution in [0, 0.1) is 6.92 Å². The molecule has 0 aliphatic carbocycles. The van der Waals surface area contributed by atoms with Crippen molar-refractivity contribution in [1.29, 1.82) is 0 Å². The largest absolute Gasteiger partial charge is 0.339 e. The lowest BCUT2D eigenvalue weighted by atomic mass is 9.97. The Morgan fingerprint density at radius 3 is 2.50 bits per heavy atom. The number of carbonyl (C=O) groups excluding carboxylic acids is 1. The molecule has 0 bridgehead atoms. The molecule has 3 rings (SSSR count). The number of aryl methyl sites for hydroxylation is 1. The number of hydrogen-bond acceptors (Lipinski definition) is 6. The molecule has 0 N–H and O–H groups in total. The minimum atomic E-state index is -0.130. The minimum absolute atomic E-state index is 0.130. The van der Waals surface area contributed by atoms with Gasteiger partial charge in [-0.3, -0.25) is 9.69 Å². The fraction of sp³-hybridized carbons (Fsp3) is 0.588. The monoisotopic (exact) mass is 348 g/mol. The predicted octanol–water partition coefficient (Wildman–Crippen LogP) is 2.70. The lowest BCUT2D eigenvalue weighted by Crippen LogP contribution is -2.48. The number of rotatable bonds is 3. The van der Waals surface area contributed by atoms with Gasteiger partial charge in [-0.15, -0.1) is 11.3 Å². The predicted molar refractivity (Wildman–Crippen MR) is 93.2 cm³/mol. The van der Waals surface area contributed by atoms with Crippen molar-refractivity contribution in [2.24, 2.45) is 0 Å². The van der Waals surface area contributed by atoms with Gasteiger partial charge in [-0.2, -0.15) is 4.98 Å². The molecular weight excluding hydrogens is 324 g/mol. The molecule has 0 aromatic carbocycles. The summed E-state index contributed by atoms with van der Waals surface area (Å²) in [5, 5.41) is 4.07. The van der Waals surface area contributed by atoms with Crippen molar-refractivity contribution >= 4 is 17.2 Å². The Kier molecular flexibility index (Phi) is 4.73. The van der Waals surface area contributed by atoms with Gasteiger partial charge in [0.25, 0.3) is 5.91 Å². The van der Waals surface area contributed by atoms with Crippen molar-refractivity contribution in [2.45, 2.75) is 39.7 Å². The van der Waals surface area contributed by atoms with Crippen LogP contribution in [-0.2, 0) is 12.0 Å². The molecule has 1 amide bonds. The maximum Gasteiger partial charge on any atom is 0.264 e. The summed E-state index contributed by atoms with van der Waals surface area (Å²) in [4.78, 5) is 23.1. The maximum atomic E-state index is 12.5. The Morgan fingerprint density at radius 2 is 1.96 bits per heavy atom. The van der Waals surface area contributed by atoms with Crippen molar-refractivity contribution in [2.75, 3.05) is 26.2 Å². The van der Waals surface area contributed by atoms with E-state index in [1.807, 2.05) is 24.0 Å². The number of piperazine rings is 1. The number of aromatic nitrogens is 2. The van der Waals surface area contributed by atoms with Gasteiger partial charge in [-0.25, -0.2) is 0 Å². The van der Waals surface area contributed by atoms with Gasteiger partial charge in [0, 0.05) is 36.5 Å². The summed E-state index contributed by atoms with van der Waals surface area (Å²) in [6, 6.07) is 3.92. The number of nitrogens with zero attached hydrogens (tertiary/aromatic N) is 4. The van der Waals surface area contributed by atoms with Gasteiger partial charge in [-0.05, 0) is 19.1 Å². The molecule has 0 unspecified atom stereocenters. The van der Waals surface area contributed by atoms with Gasteiger partial charge in [0.05, 0.1) is 11.4 Å². The summed E-state index contributed by atoms with van der Waals surface area (Å²) in [5.74, 6) is 1.52. The third kappa shape index (κ3) is 3.84. The van der Waals surface area contributed by atoms with E-state index in [0.29, 0.717) is 18.3 Å². The van der Waals surface area contributed by atoms with Crippen LogP contribution in [0.2, 0.25) is 0 Å².